The number of allylic oxidation sites excluding steroid dienone is 1. The molecule has 0 saturated carbocycles. The van der Waals surface area contributed by atoms with E-state index in [4.69, 9.17) is 0 Å². The van der Waals surface area contributed by atoms with Crippen molar-refractivity contribution in [3.05, 3.63) is 21.8 Å². The first kappa shape index (κ1) is 7.91. The van der Waals surface area contributed by atoms with Gasteiger partial charge >= 0.3 is 5.91 Å². The van der Waals surface area contributed by atoms with E-state index in [-0.39, 0.29) is 0 Å². The van der Waals surface area contributed by atoms with Gasteiger partial charge in [0.15, 0.2) is 0 Å². The van der Waals surface area contributed by atoms with Crippen LogP contribution in [-0.4, -0.2) is 10.8 Å². The molecule has 4 heteroatoms. The number of nitro groups is 1. The molecular formula is C7H9NO3. The van der Waals surface area contributed by atoms with E-state index in [0.29, 0.717) is 12.0 Å². The van der Waals surface area contributed by atoms with Gasteiger partial charge in [-0.3, -0.25) is 10.1 Å². The SMILES string of the molecule is O=C(C1=CCCCC1)[N+](=O)[O-]. The minimum Gasteiger partial charge on any atom is -0.255 e. The van der Waals surface area contributed by atoms with Crippen LogP contribution in [0.15, 0.2) is 11.6 Å². The van der Waals surface area contributed by atoms with Crippen LogP contribution in [0, 0.1) is 10.1 Å². The molecule has 0 fully saturated rings. The molecule has 0 spiro atoms. The zero-order valence-electron chi connectivity index (χ0n) is 6.08. The standard InChI is InChI=1S/C7H9NO3/c9-7(8(10)11)6-4-2-1-3-5-6/h4H,1-3,5H2. The highest BCUT2D eigenvalue weighted by molar-refractivity contribution is 5.86. The zero-order valence-corrected chi connectivity index (χ0v) is 6.08. The number of carbonyl (C=O) groups excluding carboxylic acids is 1. The highest BCUT2D eigenvalue weighted by Crippen LogP contribution is 2.17. The number of hydrogen-bond donors (Lipinski definition) is 0. The molecule has 11 heavy (non-hydrogen) atoms. The zero-order chi connectivity index (χ0) is 8.27. The summed E-state index contributed by atoms with van der Waals surface area (Å²) >= 11 is 0. The smallest absolute Gasteiger partial charge is 0.255 e. The summed E-state index contributed by atoms with van der Waals surface area (Å²) < 4.78 is 0. The lowest BCUT2D eigenvalue weighted by Gasteiger charge is -2.05. The fourth-order valence-electron chi connectivity index (χ4n) is 1.15. The number of hydrogen-bond acceptors (Lipinski definition) is 3. The van der Waals surface area contributed by atoms with Crippen molar-refractivity contribution in [2.75, 3.05) is 0 Å². The summed E-state index contributed by atoms with van der Waals surface area (Å²) in [5.41, 5.74) is 0.376. The summed E-state index contributed by atoms with van der Waals surface area (Å²) in [5.74, 6) is -0.926. The monoisotopic (exact) mass is 155 g/mol. The van der Waals surface area contributed by atoms with Gasteiger partial charge in [0.1, 0.15) is 4.92 Å². The van der Waals surface area contributed by atoms with Crippen LogP contribution >= 0.6 is 0 Å². The Hall–Kier alpha value is -1.19. The number of rotatable bonds is 1. The minimum atomic E-state index is -0.926. The van der Waals surface area contributed by atoms with E-state index in [0.717, 1.165) is 19.3 Å². The van der Waals surface area contributed by atoms with E-state index < -0.39 is 10.8 Å². The van der Waals surface area contributed by atoms with Crippen LogP contribution < -0.4 is 0 Å². The third-order valence-electron chi connectivity index (χ3n) is 1.73. The largest absolute Gasteiger partial charge is 0.472 e. The minimum absolute atomic E-state index is 0.376. The van der Waals surface area contributed by atoms with Gasteiger partial charge in [-0.1, -0.05) is 6.08 Å². The van der Waals surface area contributed by atoms with Crippen molar-refractivity contribution in [2.45, 2.75) is 25.7 Å². The predicted octanol–water partition coefficient (Wildman–Crippen LogP) is 1.29. The first-order valence-corrected chi connectivity index (χ1v) is 3.59. The summed E-state index contributed by atoms with van der Waals surface area (Å²) in [6.45, 7) is 0. The maximum Gasteiger partial charge on any atom is 0.472 e. The van der Waals surface area contributed by atoms with Crippen molar-refractivity contribution in [2.24, 2.45) is 0 Å². The van der Waals surface area contributed by atoms with Crippen LogP contribution in [0.5, 0.6) is 0 Å². The second kappa shape index (κ2) is 3.27. The lowest BCUT2D eigenvalue weighted by atomic mass is 9.99. The van der Waals surface area contributed by atoms with E-state index >= 15 is 0 Å². The predicted molar refractivity (Wildman–Crippen MR) is 38.6 cm³/mol. The van der Waals surface area contributed by atoms with Crippen molar-refractivity contribution >= 4 is 5.91 Å². The van der Waals surface area contributed by atoms with Crippen LogP contribution in [0.4, 0.5) is 0 Å². The Morgan fingerprint density at radius 1 is 1.55 bits per heavy atom. The Bertz CT molecular complexity index is 220. The van der Waals surface area contributed by atoms with Gasteiger partial charge in [0.05, 0.1) is 5.57 Å². The van der Waals surface area contributed by atoms with Crippen molar-refractivity contribution in [1.29, 1.82) is 0 Å². The molecule has 1 aliphatic rings. The molecule has 0 aromatic heterocycles. The summed E-state index contributed by atoms with van der Waals surface area (Å²) in [5, 5.41) is 10.0. The van der Waals surface area contributed by atoms with Gasteiger partial charge in [0.2, 0.25) is 0 Å². The maximum absolute atomic E-state index is 10.7. The average molecular weight is 155 g/mol. The average Bonchev–Trinajstić information content (AvgIpc) is 2.05. The van der Waals surface area contributed by atoms with Gasteiger partial charge in [0, 0.05) is 0 Å². The molecule has 0 heterocycles. The quantitative estimate of drug-likeness (QED) is 0.423. The summed E-state index contributed by atoms with van der Waals surface area (Å²) in [7, 11) is 0. The van der Waals surface area contributed by atoms with Crippen LogP contribution in [-0.2, 0) is 4.79 Å². The Kier molecular flexibility index (Phi) is 2.36. The Labute approximate surface area is 64.0 Å². The molecule has 0 N–H and O–H groups in total. The van der Waals surface area contributed by atoms with Gasteiger partial charge in [-0.2, -0.15) is 0 Å². The summed E-state index contributed by atoms with van der Waals surface area (Å²) in [4.78, 5) is 19.9. The van der Waals surface area contributed by atoms with Crippen LogP contribution in [0.25, 0.3) is 0 Å². The van der Waals surface area contributed by atoms with E-state index in [1.54, 1.807) is 6.08 Å². The summed E-state index contributed by atoms with van der Waals surface area (Å²) in [6, 6.07) is 0. The Morgan fingerprint density at radius 2 is 2.27 bits per heavy atom. The molecule has 1 amide bonds. The fraction of sp³-hybridized carbons (Fsp3) is 0.571. The molecule has 0 atom stereocenters. The molecule has 1 rings (SSSR count). The third kappa shape index (κ3) is 1.86. The Morgan fingerprint density at radius 3 is 2.73 bits per heavy atom. The highest BCUT2D eigenvalue weighted by Gasteiger charge is 2.22. The molecular weight excluding hydrogens is 146 g/mol. The molecule has 0 unspecified atom stereocenters. The fourth-order valence-corrected chi connectivity index (χ4v) is 1.15. The molecule has 0 bridgehead atoms. The van der Waals surface area contributed by atoms with Crippen LogP contribution in [0.3, 0.4) is 0 Å². The van der Waals surface area contributed by atoms with Crippen molar-refractivity contribution in [1.82, 2.24) is 0 Å². The molecule has 4 nitrogen and oxygen atoms in total. The van der Waals surface area contributed by atoms with Gasteiger partial charge in [0.25, 0.3) is 0 Å². The van der Waals surface area contributed by atoms with Gasteiger partial charge in [-0.05, 0) is 25.7 Å². The Balaban J connectivity index is 2.66. The van der Waals surface area contributed by atoms with Gasteiger partial charge in [-0.25, -0.2) is 4.79 Å². The first-order chi connectivity index (χ1) is 5.22. The summed E-state index contributed by atoms with van der Waals surface area (Å²) in [6.07, 6.45) is 4.98. The molecule has 0 aliphatic heterocycles. The number of nitrogens with zero attached hydrogens (tertiary/aromatic N) is 1. The first-order valence-electron chi connectivity index (χ1n) is 3.59. The van der Waals surface area contributed by atoms with Gasteiger partial charge < -0.3 is 0 Å². The molecule has 0 saturated heterocycles. The normalized spacial score (nSPS) is 17.3. The number of amides is 1. The van der Waals surface area contributed by atoms with E-state index in [1.165, 1.54) is 0 Å². The van der Waals surface area contributed by atoms with Gasteiger partial charge in [-0.15, -0.1) is 0 Å². The third-order valence-corrected chi connectivity index (χ3v) is 1.73. The second-order valence-corrected chi connectivity index (χ2v) is 2.54. The van der Waals surface area contributed by atoms with E-state index in [9.17, 15) is 14.9 Å². The highest BCUT2D eigenvalue weighted by atomic mass is 16.6. The van der Waals surface area contributed by atoms with E-state index in [2.05, 4.69) is 0 Å². The van der Waals surface area contributed by atoms with Crippen molar-refractivity contribution < 1.29 is 9.72 Å². The van der Waals surface area contributed by atoms with Crippen LogP contribution in [0.2, 0.25) is 0 Å². The maximum atomic E-state index is 10.7. The molecule has 1 aliphatic carbocycles. The second-order valence-electron chi connectivity index (χ2n) is 2.54. The van der Waals surface area contributed by atoms with Crippen molar-refractivity contribution in [3.63, 3.8) is 0 Å². The molecule has 60 valence electrons. The lowest BCUT2D eigenvalue weighted by molar-refractivity contribution is -0.397. The topological polar surface area (TPSA) is 60.2 Å². The molecule has 0 aromatic rings. The van der Waals surface area contributed by atoms with Crippen molar-refractivity contribution in [3.8, 4) is 0 Å². The van der Waals surface area contributed by atoms with E-state index in [1.807, 2.05) is 0 Å². The molecule has 0 aromatic carbocycles. The lowest BCUT2D eigenvalue weighted by Crippen LogP contribution is -2.15. The molecule has 0 radical (unpaired) electrons. The number of carbonyl (C=O) groups is 1. The van der Waals surface area contributed by atoms with Crippen LogP contribution in [0.1, 0.15) is 25.7 Å².